The summed E-state index contributed by atoms with van der Waals surface area (Å²) in [6, 6.07) is 18.8. The maximum Gasteiger partial charge on any atom is 0.287 e. The third kappa shape index (κ3) is 5.52. The SMILES string of the molecule is COc1ccc([C@@H](CNC(=O)c2ccc(-c3ccc(C(C)=O)cc3)o2)N2CCCCC2)cc1. The predicted molar refractivity (Wildman–Crippen MR) is 128 cm³/mol. The molecule has 3 aromatic rings. The summed E-state index contributed by atoms with van der Waals surface area (Å²) in [5, 5.41) is 3.06. The van der Waals surface area contributed by atoms with E-state index < -0.39 is 0 Å². The van der Waals surface area contributed by atoms with Crippen LogP contribution in [-0.4, -0.2) is 43.3 Å². The number of ketones is 1. The molecule has 1 aliphatic heterocycles. The molecule has 1 aliphatic rings. The molecule has 0 aliphatic carbocycles. The summed E-state index contributed by atoms with van der Waals surface area (Å²) in [5.41, 5.74) is 2.62. The second kappa shape index (κ2) is 10.5. The molecule has 1 amide bonds. The molecule has 172 valence electrons. The van der Waals surface area contributed by atoms with Crippen LogP contribution < -0.4 is 10.1 Å². The largest absolute Gasteiger partial charge is 0.497 e. The number of piperidine rings is 1. The van der Waals surface area contributed by atoms with E-state index >= 15 is 0 Å². The molecule has 0 saturated carbocycles. The van der Waals surface area contributed by atoms with Gasteiger partial charge in [-0.25, -0.2) is 0 Å². The van der Waals surface area contributed by atoms with Gasteiger partial charge in [0.1, 0.15) is 11.5 Å². The highest BCUT2D eigenvalue weighted by Crippen LogP contribution is 2.27. The van der Waals surface area contributed by atoms with Crippen molar-refractivity contribution in [2.24, 2.45) is 0 Å². The van der Waals surface area contributed by atoms with Crippen molar-refractivity contribution in [2.75, 3.05) is 26.7 Å². The Labute approximate surface area is 194 Å². The third-order valence-corrected chi connectivity index (χ3v) is 6.19. The molecule has 1 fully saturated rings. The van der Waals surface area contributed by atoms with Crippen LogP contribution in [0.25, 0.3) is 11.3 Å². The fraction of sp³-hybridized carbons (Fsp3) is 0.333. The van der Waals surface area contributed by atoms with Crippen LogP contribution in [0.15, 0.2) is 65.1 Å². The van der Waals surface area contributed by atoms with Gasteiger partial charge in [0.2, 0.25) is 0 Å². The zero-order chi connectivity index (χ0) is 23.2. The molecule has 6 heteroatoms. The number of likely N-dealkylation sites (tertiary alicyclic amines) is 1. The van der Waals surface area contributed by atoms with Gasteiger partial charge in [-0.15, -0.1) is 0 Å². The number of nitrogens with zero attached hydrogens (tertiary/aromatic N) is 1. The number of methoxy groups -OCH3 is 1. The Balaban J connectivity index is 1.45. The molecule has 1 atom stereocenters. The highest BCUT2D eigenvalue weighted by molar-refractivity contribution is 5.94. The van der Waals surface area contributed by atoms with Crippen molar-refractivity contribution in [2.45, 2.75) is 32.2 Å². The van der Waals surface area contributed by atoms with Gasteiger partial charge >= 0.3 is 0 Å². The van der Waals surface area contributed by atoms with E-state index in [4.69, 9.17) is 9.15 Å². The molecule has 0 unspecified atom stereocenters. The zero-order valence-corrected chi connectivity index (χ0v) is 19.2. The van der Waals surface area contributed by atoms with Gasteiger partial charge in [0, 0.05) is 17.7 Å². The molecule has 6 nitrogen and oxygen atoms in total. The van der Waals surface area contributed by atoms with Crippen molar-refractivity contribution in [3.05, 3.63) is 77.6 Å². The molecule has 33 heavy (non-hydrogen) atoms. The lowest BCUT2D eigenvalue weighted by atomic mass is 10.0. The minimum absolute atomic E-state index is 0.0150. The molecular weight excluding hydrogens is 416 g/mol. The maximum absolute atomic E-state index is 12.9. The molecule has 4 rings (SSSR count). The van der Waals surface area contributed by atoms with Crippen LogP contribution >= 0.6 is 0 Å². The van der Waals surface area contributed by atoms with E-state index in [1.165, 1.54) is 26.2 Å². The minimum Gasteiger partial charge on any atom is -0.497 e. The number of hydrogen-bond acceptors (Lipinski definition) is 5. The number of rotatable bonds is 8. The number of carbonyl (C=O) groups excluding carboxylic acids is 2. The standard InChI is InChI=1S/C27H30N2O4/c1-19(30)20-6-8-22(9-7-20)25-14-15-26(33-25)27(31)28-18-24(29-16-4-3-5-17-29)21-10-12-23(32-2)13-11-21/h6-15,24H,3-5,16-18H2,1-2H3,(H,28,31)/t24-/m1/s1. The number of hydrogen-bond donors (Lipinski definition) is 1. The van der Waals surface area contributed by atoms with E-state index in [0.29, 0.717) is 17.9 Å². The molecule has 2 aromatic carbocycles. The maximum atomic E-state index is 12.9. The van der Waals surface area contributed by atoms with Crippen LogP contribution in [0.4, 0.5) is 0 Å². The van der Waals surface area contributed by atoms with Gasteiger partial charge in [0.15, 0.2) is 11.5 Å². The van der Waals surface area contributed by atoms with Crippen molar-refractivity contribution in [1.29, 1.82) is 0 Å². The first-order valence-electron chi connectivity index (χ1n) is 11.4. The summed E-state index contributed by atoms with van der Waals surface area (Å²) in [5.74, 6) is 1.46. The molecular formula is C27H30N2O4. The van der Waals surface area contributed by atoms with Crippen molar-refractivity contribution in [3.63, 3.8) is 0 Å². The normalized spacial score (nSPS) is 15.1. The van der Waals surface area contributed by atoms with E-state index in [1.54, 1.807) is 31.4 Å². The summed E-state index contributed by atoms with van der Waals surface area (Å²) >= 11 is 0. The van der Waals surface area contributed by atoms with Crippen LogP contribution in [0.2, 0.25) is 0 Å². The first-order valence-corrected chi connectivity index (χ1v) is 11.4. The highest BCUT2D eigenvalue weighted by atomic mass is 16.5. The van der Waals surface area contributed by atoms with Crippen molar-refractivity contribution < 1.29 is 18.7 Å². The first kappa shape index (κ1) is 22.8. The second-order valence-electron chi connectivity index (χ2n) is 8.39. The number of benzene rings is 2. The van der Waals surface area contributed by atoms with Crippen molar-refractivity contribution in [3.8, 4) is 17.1 Å². The predicted octanol–water partition coefficient (Wildman–Crippen LogP) is 5.11. The number of Topliss-reactive ketones (excluding diaryl/α,β-unsaturated/α-hetero) is 1. The van der Waals surface area contributed by atoms with E-state index in [-0.39, 0.29) is 23.5 Å². The van der Waals surface area contributed by atoms with E-state index in [1.807, 2.05) is 24.3 Å². The second-order valence-corrected chi connectivity index (χ2v) is 8.39. The number of amides is 1. The number of ether oxygens (including phenoxy) is 1. The molecule has 0 radical (unpaired) electrons. The van der Waals surface area contributed by atoms with Crippen LogP contribution in [0.3, 0.4) is 0 Å². The molecule has 1 saturated heterocycles. The van der Waals surface area contributed by atoms with Gasteiger partial charge in [-0.2, -0.15) is 0 Å². The summed E-state index contributed by atoms with van der Waals surface area (Å²) in [6.45, 7) is 4.07. The first-order chi connectivity index (χ1) is 16.0. The van der Waals surface area contributed by atoms with Gasteiger partial charge < -0.3 is 14.5 Å². The average molecular weight is 447 g/mol. The average Bonchev–Trinajstić information content (AvgIpc) is 3.36. The number of furan rings is 1. The zero-order valence-electron chi connectivity index (χ0n) is 19.2. The molecule has 2 heterocycles. The van der Waals surface area contributed by atoms with E-state index in [2.05, 4.69) is 22.3 Å². The Morgan fingerprint density at radius 3 is 2.30 bits per heavy atom. The van der Waals surface area contributed by atoms with Crippen LogP contribution in [0, 0.1) is 0 Å². The minimum atomic E-state index is -0.239. The summed E-state index contributed by atoms with van der Waals surface area (Å²) in [6.07, 6.45) is 3.59. The topological polar surface area (TPSA) is 71.8 Å². The number of nitrogens with one attached hydrogen (secondary N) is 1. The van der Waals surface area contributed by atoms with Gasteiger partial charge in [-0.1, -0.05) is 42.8 Å². The summed E-state index contributed by atoms with van der Waals surface area (Å²) < 4.78 is 11.1. The Bertz CT molecular complexity index is 1080. The quantitative estimate of drug-likeness (QED) is 0.487. The van der Waals surface area contributed by atoms with Crippen molar-refractivity contribution in [1.82, 2.24) is 10.2 Å². The van der Waals surface area contributed by atoms with Gasteiger partial charge in [0.25, 0.3) is 5.91 Å². The van der Waals surface area contributed by atoms with Crippen LogP contribution in [0.5, 0.6) is 5.75 Å². The lowest BCUT2D eigenvalue weighted by molar-refractivity contribution is 0.0897. The molecule has 1 aromatic heterocycles. The highest BCUT2D eigenvalue weighted by Gasteiger charge is 2.24. The van der Waals surface area contributed by atoms with Crippen molar-refractivity contribution >= 4 is 11.7 Å². The Morgan fingerprint density at radius 1 is 0.970 bits per heavy atom. The Kier molecular flexibility index (Phi) is 7.25. The van der Waals surface area contributed by atoms with Gasteiger partial charge in [-0.05, 0) is 62.7 Å². The van der Waals surface area contributed by atoms with Gasteiger partial charge in [0.05, 0.1) is 13.2 Å². The van der Waals surface area contributed by atoms with E-state index in [9.17, 15) is 9.59 Å². The van der Waals surface area contributed by atoms with Gasteiger partial charge in [-0.3, -0.25) is 14.5 Å². The Hall–Kier alpha value is -3.38. The lowest BCUT2D eigenvalue weighted by Gasteiger charge is -2.35. The molecule has 0 bridgehead atoms. The molecule has 0 spiro atoms. The van der Waals surface area contributed by atoms with E-state index in [0.717, 1.165) is 30.0 Å². The lowest BCUT2D eigenvalue weighted by Crippen LogP contribution is -2.40. The van der Waals surface area contributed by atoms with Crippen LogP contribution in [0.1, 0.15) is 58.7 Å². The molecule has 1 N–H and O–H groups in total. The Morgan fingerprint density at radius 2 is 1.67 bits per heavy atom. The fourth-order valence-corrected chi connectivity index (χ4v) is 4.27. The summed E-state index contributed by atoms with van der Waals surface area (Å²) in [4.78, 5) is 26.8. The smallest absolute Gasteiger partial charge is 0.287 e. The number of carbonyl (C=O) groups is 2. The fourth-order valence-electron chi connectivity index (χ4n) is 4.27. The summed E-state index contributed by atoms with van der Waals surface area (Å²) in [7, 11) is 1.66. The van der Waals surface area contributed by atoms with Crippen LogP contribution in [-0.2, 0) is 0 Å². The monoisotopic (exact) mass is 446 g/mol. The third-order valence-electron chi connectivity index (χ3n) is 6.19.